The van der Waals surface area contributed by atoms with Crippen LogP contribution in [0, 0.1) is 0 Å². The quantitative estimate of drug-likeness (QED) is 0.773. The average Bonchev–Trinajstić information content (AvgIpc) is 2.29. The van der Waals surface area contributed by atoms with Crippen LogP contribution in [-0.4, -0.2) is 12.1 Å². The normalized spacial score (nSPS) is 10.1. The zero-order valence-electron chi connectivity index (χ0n) is 8.68. The Labute approximate surface area is 104 Å². The van der Waals surface area contributed by atoms with Gasteiger partial charge in [0.05, 0.1) is 7.11 Å². The van der Waals surface area contributed by atoms with Crippen LogP contribution >= 0.6 is 23.4 Å². The molecule has 2 nitrogen and oxygen atoms in total. The lowest BCUT2D eigenvalue weighted by atomic mass is 10.3. The first kappa shape index (κ1) is 11.3. The maximum absolute atomic E-state index is 5.82. The summed E-state index contributed by atoms with van der Waals surface area (Å²) in [6, 6.07) is 11.7. The molecule has 0 bridgehead atoms. The maximum atomic E-state index is 5.82. The summed E-state index contributed by atoms with van der Waals surface area (Å²) in [5.74, 6) is 0.852. The van der Waals surface area contributed by atoms with Crippen LogP contribution in [0.15, 0.2) is 52.4 Å². The fourth-order valence-corrected chi connectivity index (χ4v) is 2.38. The molecule has 0 amide bonds. The molecule has 0 aliphatic carbocycles. The van der Waals surface area contributed by atoms with Gasteiger partial charge >= 0.3 is 0 Å². The Morgan fingerprint density at radius 1 is 1.19 bits per heavy atom. The summed E-state index contributed by atoms with van der Waals surface area (Å²) in [5, 5.41) is 0.507. The molecule has 1 aromatic heterocycles. The highest BCUT2D eigenvalue weighted by molar-refractivity contribution is 7.99. The second kappa shape index (κ2) is 5.23. The summed E-state index contributed by atoms with van der Waals surface area (Å²) in [6.45, 7) is 0. The molecule has 1 aromatic carbocycles. The van der Waals surface area contributed by atoms with Crippen molar-refractivity contribution >= 4 is 23.4 Å². The van der Waals surface area contributed by atoms with Crippen LogP contribution in [0.5, 0.6) is 5.75 Å². The zero-order chi connectivity index (χ0) is 11.4. The van der Waals surface area contributed by atoms with E-state index in [1.54, 1.807) is 25.1 Å². The van der Waals surface area contributed by atoms with E-state index in [0.717, 1.165) is 15.5 Å². The highest BCUT2D eigenvalue weighted by atomic mass is 35.5. The van der Waals surface area contributed by atoms with Crippen LogP contribution in [0.4, 0.5) is 0 Å². The third kappa shape index (κ3) is 2.90. The zero-order valence-corrected chi connectivity index (χ0v) is 10.3. The monoisotopic (exact) mass is 251 g/mol. The van der Waals surface area contributed by atoms with Gasteiger partial charge < -0.3 is 4.74 Å². The van der Waals surface area contributed by atoms with Gasteiger partial charge in [0.15, 0.2) is 0 Å². The average molecular weight is 252 g/mol. The second-order valence-electron chi connectivity index (χ2n) is 3.10. The van der Waals surface area contributed by atoms with Crippen LogP contribution in [-0.2, 0) is 0 Å². The molecule has 0 aliphatic heterocycles. The summed E-state index contributed by atoms with van der Waals surface area (Å²) in [4.78, 5) is 6.12. The Bertz CT molecular complexity index is 490. The smallest absolute Gasteiger partial charge is 0.130 e. The summed E-state index contributed by atoms with van der Waals surface area (Å²) in [7, 11) is 1.66. The first-order valence-corrected chi connectivity index (χ1v) is 5.91. The van der Waals surface area contributed by atoms with Gasteiger partial charge in [-0.2, -0.15) is 0 Å². The molecule has 0 aliphatic rings. The van der Waals surface area contributed by atoms with Crippen molar-refractivity contribution in [1.82, 2.24) is 4.98 Å². The molecule has 0 N–H and O–H groups in total. The van der Waals surface area contributed by atoms with Crippen LogP contribution in [0.2, 0.25) is 5.15 Å². The number of ether oxygens (including phenoxy) is 1. The largest absolute Gasteiger partial charge is 0.497 e. The van der Waals surface area contributed by atoms with Gasteiger partial charge in [0.25, 0.3) is 0 Å². The highest BCUT2D eigenvalue weighted by Crippen LogP contribution is 2.30. The van der Waals surface area contributed by atoms with Crippen molar-refractivity contribution in [2.75, 3.05) is 7.11 Å². The van der Waals surface area contributed by atoms with Gasteiger partial charge in [0, 0.05) is 16.0 Å². The van der Waals surface area contributed by atoms with Crippen molar-refractivity contribution in [2.24, 2.45) is 0 Å². The van der Waals surface area contributed by atoms with Crippen molar-refractivity contribution in [3.8, 4) is 5.75 Å². The SMILES string of the molecule is COc1cccc(Sc2ccnc(Cl)c2)c1. The third-order valence-corrected chi connectivity index (χ3v) is 3.16. The van der Waals surface area contributed by atoms with Crippen LogP contribution in [0.25, 0.3) is 0 Å². The Morgan fingerprint density at radius 2 is 2.00 bits per heavy atom. The molecular formula is C12H10ClNOS. The lowest BCUT2D eigenvalue weighted by molar-refractivity contribution is 0.413. The standard InChI is InChI=1S/C12H10ClNOS/c1-15-9-3-2-4-10(7-9)16-11-5-6-14-12(13)8-11/h2-8H,1H3. The minimum absolute atomic E-state index is 0.507. The molecule has 0 saturated heterocycles. The molecule has 0 fully saturated rings. The van der Waals surface area contributed by atoms with E-state index in [9.17, 15) is 0 Å². The van der Waals surface area contributed by atoms with E-state index in [1.807, 2.05) is 36.4 Å². The van der Waals surface area contributed by atoms with Crippen LogP contribution in [0.1, 0.15) is 0 Å². The molecule has 4 heteroatoms. The molecule has 82 valence electrons. The number of benzene rings is 1. The Kier molecular flexibility index (Phi) is 3.70. The minimum Gasteiger partial charge on any atom is -0.497 e. The summed E-state index contributed by atoms with van der Waals surface area (Å²) in [5.41, 5.74) is 0. The van der Waals surface area contributed by atoms with Crippen LogP contribution < -0.4 is 4.74 Å². The first-order chi connectivity index (χ1) is 7.78. The predicted molar refractivity (Wildman–Crippen MR) is 66.4 cm³/mol. The number of aromatic nitrogens is 1. The van der Waals surface area contributed by atoms with Crippen molar-refractivity contribution in [1.29, 1.82) is 0 Å². The number of nitrogens with zero attached hydrogens (tertiary/aromatic N) is 1. The topological polar surface area (TPSA) is 22.1 Å². The molecule has 0 radical (unpaired) electrons. The fraction of sp³-hybridized carbons (Fsp3) is 0.0833. The van der Waals surface area contributed by atoms with Crippen molar-refractivity contribution < 1.29 is 4.74 Å². The van der Waals surface area contributed by atoms with E-state index < -0.39 is 0 Å². The van der Waals surface area contributed by atoms with Gasteiger partial charge in [-0.05, 0) is 30.3 Å². The molecule has 2 aromatic rings. The molecule has 2 rings (SSSR count). The van der Waals surface area contributed by atoms with E-state index in [0.29, 0.717) is 5.15 Å². The van der Waals surface area contributed by atoms with Gasteiger partial charge in [-0.25, -0.2) is 4.98 Å². The maximum Gasteiger partial charge on any atom is 0.130 e. The fourth-order valence-electron chi connectivity index (χ4n) is 1.25. The van der Waals surface area contributed by atoms with Crippen LogP contribution in [0.3, 0.4) is 0 Å². The van der Waals surface area contributed by atoms with Crippen molar-refractivity contribution in [3.63, 3.8) is 0 Å². The Balaban J connectivity index is 2.20. The summed E-state index contributed by atoms with van der Waals surface area (Å²) < 4.78 is 5.16. The van der Waals surface area contributed by atoms with E-state index in [-0.39, 0.29) is 0 Å². The number of halogens is 1. The molecule has 1 heterocycles. The van der Waals surface area contributed by atoms with E-state index in [2.05, 4.69) is 4.98 Å². The number of pyridine rings is 1. The van der Waals surface area contributed by atoms with Crippen molar-refractivity contribution in [3.05, 3.63) is 47.7 Å². The van der Waals surface area contributed by atoms with E-state index in [1.165, 1.54) is 0 Å². The number of rotatable bonds is 3. The lowest BCUT2D eigenvalue weighted by Crippen LogP contribution is -1.82. The van der Waals surface area contributed by atoms with Gasteiger partial charge in [-0.3, -0.25) is 0 Å². The third-order valence-electron chi connectivity index (χ3n) is 1.97. The summed E-state index contributed by atoms with van der Waals surface area (Å²) in [6.07, 6.45) is 1.70. The van der Waals surface area contributed by atoms with E-state index in [4.69, 9.17) is 16.3 Å². The van der Waals surface area contributed by atoms with Gasteiger partial charge in [0.1, 0.15) is 10.9 Å². The number of methoxy groups -OCH3 is 1. The number of hydrogen-bond acceptors (Lipinski definition) is 3. The highest BCUT2D eigenvalue weighted by Gasteiger charge is 2.00. The van der Waals surface area contributed by atoms with Gasteiger partial charge in [-0.1, -0.05) is 29.4 Å². The minimum atomic E-state index is 0.507. The Hall–Kier alpha value is -1.19. The molecule has 0 spiro atoms. The molecule has 0 atom stereocenters. The summed E-state index contributed by atoms with van der Waals surface area (Å²) >= 11 is 7.45. The van der Waals surface area contributed by atoms with E-state index >= 15 is 0 Å². The number of hydrogen-bond donors (Lipinski definition) is 0. The second-order valence-corrected chi connectivity index (χ2v) is 4.63. The lowest BCUT2D eigenvalue weighted by Gasteiger charge is -2.04. The van der Waals surface area contributed by atoms with Crippen molar-refractivity contribution in [2.45, 2.75) is 9.79 Å². The first-order valence-electron chi connectivity index (χ1n) is 4.71. The molecule has 0 unspecified atom stereocenters. The molecule has 0 saturated carbocycles. The van der Waals surface area contributed by atoms with Gasteiger partial charge in [0.2, 0.25) is 0 Å². The molecule has 16 heavy (non-hydrogen) atoms. The van der Waals surface area contributed by atoms with Gasteiger partial charge in [-0.15, -0.1) is 0 Å². The molecular weight excluding hydrogens is 242 g/mol. The Morgan fingerprint density at radius 3 is 2.75 bits per heavy atom. The predicted octanol–water partition coefficient (Wildman–Crippen LogP) is 3.89.